The van der Waals surface area contributed by atoms with Crippen molar-refractivity contribution in [2.24, 2.45) is 0 Å². The molecule has 13 heavy (non-hydrogen) atoms. The van der Waals surface area contributed by atoms with Crippen molar-refractivity contribution in [3.05, 3.63) is 34.9 Å². The third kappa shape index (κ3) is 1.35. The first kappa shape index (κ1) is 8.36. The molecule has 1 aliphatic heterocycles. The van der Waals surface area contributed by atoms with Crippen LogP contribution in [0.3, 0.4) is 0 Å². The van der Waals surface area contributed by atoms with Crippen molar-refractivity contribution in [1.29, 1.82) is 0 Å². The van der Waals surface area contributed by atoms with Crippen molar-refractivity contribution in [3.8, 4) is 5.75 Å². The lowest BCUT2D eigenvalue weighted by Gasteiger charge is -2.19. The zero-order valence-electron chi connectivity index (χ0n) is 8.35. The van der Waals surface area contributed by atoms with Gasteiger partial charge in [-0.1, -0.05) is 6.07 Å². The number of allylic oxidation sites excluding steroid dienone is 1. The zero-order valence-corrected chi connectivity index (χ0v) is 8.35. The first-order valence-electron chi connectivity index (χ1n) is 4.59. The Balaban J connectivity index is 2.66. The third-order valence-corrected chi connectivity index (χ3v) is 2.47. The van der Waals surface area contributed by atoms with Gasteiger partial charge in [0.1, 0.15) is 12.4 Å². The van der Waals surface area contributed by atoms with E-state index in [1.165, 1.54) is 22.3 Å². The van der Waals surface area contributed by atoms with Gasteiger partial charge in [0.2, 0.25) is 0 Å². The van der Waals surface area contributed by atoms with Gasteiger partial charge in [0.25, 0.3) is 0 Å². The third-order valence-electron chi connectivity index (χ3n) is 2.47. The summed E-state index contributed by atoms with van der Waals surface area (Å²) in [5, 5.41) is 0. The van der Waals surface area contributed by atoms with Gasteiger partial charge in [0.15, 0.2) is 0 Å². The van der Waals surface area contributed by atoms with Gasteiger partial charge >= 0.3 is 0 Å². The van der Waals surface area contributed by atoms with Crippen LogP contribution < -0.4 is 4.74 Å². The zero-order chi connectivity index (χ0) is 9.42. The van der Waals surface area contributed by atoms with Crippen molar-refractivity contribution >= 4 is 5.57 Å². The summed E-state index contributed by atoms with van der Waals surface area (Å²) in [7, 11) is 0. The molecule has 0 atom stereocenters. The normalized spacial score (nSPS) is 14.5. The average molecular weight is 174 g/mol. The van der Waals surface area contributed by atoms with Crippen LogP contribution in [0.2, 0.25) is 0 Å². The van der Waals surface area contributed by atoms with Gasteiger partial charge in [-0.05, 0) is 49.6 Å². The number of rotatable bonds is 0. The quantitative estimate of drug-likeness (QED) is 0.587. The van der Waals surface area contributed by atoms with E-state index in [0.29, 0.717) is 6.61 Å². The topological polar surface area (TPSA) is 9.23 Å². The van der Waals surface area contributed by atoms with E-state index in [9.17, 15) is 0 Å². The second kappa shape index (κ2) is 2.91. The second-order valence-electron chi connectivity index (χ2n) is 3.65. The molecule has 0 saturated carbocycles. The number of benzene rings is 1. The molecule has 1 nitrogen and oxygen atoms in total. The van der Waals surface area contributed by atoms with Gasteiger partial charge < -0.3 is 4.74 Å². The molecule has 1 aromatic rings. The molecule has 68 valence electrons. The lowest BCUT2D eigenvalue weighted by atomic mass is 9.97. The second-order valence-corrected chi connectivity index (χ2v) is 3.65. The molecule has 1 heterocycles. The van der Waals surface area contributed by atoms with Gasteiger partial charge in [-0.3, -0.25) is 0 Å². The predicted octanol–water partition coefficient (Wildman–Crippen LogP) is 3.10. The highest BCUT2D eigenvalue weighted by Gasteiger charge is 2.12. The maximum Gasteiger partial charge on any atom is 0.127 e. The largest absolute Gasteiger partial charge is 0.489 e. The molecule has 0 fully saturated rings. The van der Waals surface area contributed by atoms with Crippen LogP contribution in [0, 0.1) is 13.8 Å². The summed E-state index contributed by atoms with van der Waals surface area (Å²) in [5.74, 6) is 1.04. The van der Waals surface area contributed by atoms with E-state index in [1.54, 1.807) is 0 Å². The molecule has 0 aromatic heterocycles. The molecule has 0 spiro atoms. The lowest BCUT2D eigenvalue weighted by molar-refractivity contribution is 0.356. The van der Waals surface area contributed by atoms with Crippen LogP contribution in [0.1, 0.15) is 23.6 Å². The van der Waals surface area contributed by atoms with E-state index < -0.39 is 0 Å². The average Bonchev–Trinajstić information content (AvgIpc) is 2.02. The summed E-state index contributed by atoms with van der Waals surface area (Å²) in [5.41, 5.74) is 5.19. The Bertz CT molecular complexity index is 375. The minimum Gasteiger partial charge on any atom is -0.489 e. The fourth-order valence-corrected chi connectivity index (χ4v) is 1.91. The van der Waals surface area contributed by atoms with Crippen LogP contribution in [-0.4, -0.2) is 6.61 Å². The first-order valence-corrected chi connectivity index (χ1v) is 4.59. The Labute approximate surface area is 79.0 Å². The fourth-order valence-electron chi connectivity index (χ4n) is 1.91. The van der Waals surface area contributed by atoms with Crippen LogP contribution in [0.4, 0.5) is 0 Å². The van der Waals surface area contributed by atoms with Gasteiger partial charge in [-0.15, -0.1) is 0 Å². The molecule has 1 aromatic carbocycles. The van der Waals surface area contributed by atoms with E-state index in [2.05, 4.69) is 39.0 Å². The molecule has 1 aliphatic rings. The summed E-state index contributed by atoms with van der Waals surface area (Å²) in [4.78, 5) is 0. The summed E-state index contributed by atoms with van der Waals surface area (Å²) >= 11 is 0. The molecule has 0 radical (unpaired) electrons. The molecule has 0 saturated heterocycles. The van der Waals surface area contributed by atoms with Crippen molar-refractivity contribution in [2.45, 2.75) is 20.8 Å². The van der Waals surface area contributed by atoms with Gasteiger partial charge in [-0.2, -0.15) is 0 Å². The van der Waals surface area contributed by atoms with Crippen LogP contribution in [0.15, 0.2) is 18.2 Å². The smallest absolute Gasteiger partial charge is 0.127 e. The van der Waals surface area contributed by atoms with Crippen molar-refractivity contribution in [3.63, 3.8) is 0 Å². The Hall–Kier alpha value is -1.24. The SMILES string of the molecule is CC1=CCOc2cc(C)cc(C)c21. The monoisotopic (exact) mass is 174 g/mol. The Kier molecular flexibility index (Phi) is 1.87. The molecule has 0 N–H and O–H groups in total. The number of fused-ring (bicyclic) bond motifs is 1. The maximum absolute atomic E-state index is 5.58. The van der Waals surface area contributed by atoms with E-state index in [0.717, 1.165) is 5.75 Å². The number of hydrogen-bond acceptors (Lipinski definition) is 1. The highest BCUT2D eigenvalue weighted by molar-refractivity contribution is 5.73. The standard InChI is InChI=1S/C12H14O/c1-8-6-10(3)12-9(2)4-5-13-11(12)7-8/h4,6-7H,5H2,1-3H3. The Morgan fingerprint density at radius 3 is 2.69 bits per heavy atom. The molecule has 2 rings (SSSR count). The molecule has 0 unspecified atom stereocenters. The summed E-state index contributed by atoms with van der Waals surface area (Å²) in [6.45, 7) is 7.09. The summed E-state index contributed by atoms with van der Waals surface area (Å²) in [6.07, 6.45) is 2.13. The Morgan fingerprint density at radius 1 is 1.15 bits per heavy atom. The Morgan fingerprint density at radius 2 is 1.92 bits per heavy atom. The molecule has 0 aliphatic carbocycles. The van der Waals surface area contributed by atoms with Gasteiger partial charge in [0.05, 0.1) is 0 Å². The van der Waals surface area contributed by atoms with Crippen LogP contribution in [0.5, 0.6) is 5.75 Å². The summed E-state index contributed by atoms with van der Waals surface area (Å²) < 4.78 is 5.58. The molecule has 0 amide bonds. The van der Waals surface area contributed by atoms with Crippen LogP contribution in [0.25, 0.3) is 5.57 Å². The fraction of sp³-hybridized carbons (Fsp3) is 0.333. The van der Waals surface area contributed by atoms with E-state index in [4.69, 9.17) is 4.74 Å². The van der Waals surface area contributed by atoms with E-state index in [1.807, 2.05) is 0 Å². The van der Waals surface area contributed by atoms with Crippen LogP contribution >= 0.6 is 0 Å². The van der Waals surface area contributed by atoms with Gasteiger partial charge in [0, 0.05) is 5.56 Å². The highest BCUT2D eigenvalue weighted by atomic mass is 16.5. The maximum atomic E-state index is 5.58. The molecule has 0 bridgehead atoms. The molecule has 1 heteroatoms. The number of ether oxygens (including phenoxy) is 1. The highest BCUT2D eigenvalue weighted by Crippen LogP contribution is 2.33. The lowest BCUT2D eigenvalue weighted by Crippen LogP contribution is -2.05. The van der Waals surface area contributed by atoms with Gasteiger partial charge in [-0.25, -0.2) is 0 Å². The van der Waals surface area contributed by atoms with Crippen molar-refractivity contribution < 1.29 is 4.74 Å². The number of aryl methyl sites for hydroxylation is 2. The molecular formula is C12H14O. The van der Waals surface area contributed by atoms with Crippen LogP contribution in [-0.2, 0) is 0 Å². The predicted molar refractivity (Wildman–Crippen MR) is 55.1 cm³/mol. The first-order chi connectivity index (χ1) is 6.18. The van der Waals surface area contributed by atoms with E-state index in [-0.39, 0.29) is 0 Å². The molecular weight excluding hydrogens is 160 g/mol. The number of hydrogen-bond donors (Lipinski definition) is 0. The van der Waals surface area contributed by atoms with Crippen molar-refractivity contribution in [1.82, 2.24) is 0 Å². The van der Waals surface area contributed by atoms with Crippen molar-refractivity contribution in [2.75, 3.05) is 6.61 Å². The minimum absolute atomic E-state index is 0.710. The minimum atomic E-state index is 0.710. The summed E-state index contributed by atoms with van der Waals surface area (Å²) in [6, 6.07) is 4.31. The van der Waals surface area contributed by atoms with E-state index >= 15 is 0 Å².